The van der Waals surface area contributed by atoms with Gasteiger partial charge in [0.15, 0.2) is 0 Å². The number of nitrogens with zero attached hydrogens (tertiary/aromatic N) is 2. The summed E-state index contributed by atoms with van der Waals surface area (Å²) in [6.45, 7) is 8.32. The molecule has 8 heteroatoms. The van der Waals surface area contributed by atoms with Gasteiger partial charge in [0, 0.05) is 35.9 Å². The van der Waals surface area contributed by atoms with Crippen LogP contribution in [0.4, 0.5) is 18.9 Å². The first-order valence-electron chi connectivity index (χ1n) is 12.9. The number of likely N-dealkylation sites (tertiary alicyclic amines) is 1. The highest BCUT2D eigenvalue weighted by molar-refractivity contribution is 5.95. The van der Waals surface area contributed by atoms with Gasteiger partial charge in [-0.3, -0.25) is 9.78 Å². The van der Waals surface area contributed by atoms with Crippen molar-refractivity contribution in [2.24, 2.45) is 11.8 Å². The van der Waals surface area contributed by atoms with Crippen LogP contribution in [0, 0.1) is 11.8 Å². The Morgan fingerprint density at radius 2 is 1.97 bits per heavy atom. The number of rotatable bonds is 8. The minimum atomic E-state index is -4.43. The summed E-state index contributed by atoms with van der Waals surface area (Å²) in [5, 5.41) is 7.35. The van der Waals surface area contributed by atoms with Crippen LogP contribution in [-0.4, -0.2) is 47.0 Å². The van der Waals surface area contributed by atoms with Gasteiger partial charge < -0.3 is 15.5 Å². The lowest BCUT2D eigenvalue weighted by Crippen LogP contribution is -2.50. The number of carbonyl (C=O) groups excluding carboxylic acids is 1. The molecule has 5 nitrogen and oxygen atoms in total. The number of nitrogens with one attached hydrogen (secondary N) is 2. The molecule has 192 valence electrons. The van der Waals surface area contributed by atoms with Gasteiger partial charge >= 0.3 is 6.18 Å². The van der Waals surface area contributed by atoms with E-state index in [-0.39, 0.29) is 11.9 Å². The third-order valence-electron chi connectivity index (χ3n) is 7.46. The summed E-state index contributed by atoms with van der Waals surface area (Å²) in [6, 6.07) is 5.50. The van der Waals surface area contributed by atoms with Crippen LogP contribution in [-0.2, 0) is 11.0 Å². The summed E-state index contributed by atoms with van der Waals surface area (Å²) in [5.74, 6) is 1.14. The van der Waals surface area contributed by atoms with Crippen LogP contribution in [0.25, 0.3) is 10.9 Å². The molecule has 35 heavy (non-hydrogen) atoms. The van der Waals surface area contributed by atoms with Gasteiger partial charge in [-0.2, -0.15) is 13.2 Å². The van der Waals surface area contributed by atoms with E-state index in [1.165, 1.54) is 6.07 Å². The number of pyridine rings is 1. The molecule has 2 N–H and O–H groups in total. The van der Waals surface area contributed by atoms with Gasteiger partial charge in [0.1, 0.15) is 6.04 Å². The van der Waals surface area contributed by atoms with Gasteiger partial charge in [-0.15, -0.1) is 0 Å². The second-order valence-electron chi connectivity index (χ2n) is 10.5. The summed E-state index contributed by atoms with van der Waals surface area (Å²) >= 11 is 0. The maximum atomic E-state index is 13.5. The van der Waals surface area contributed by atoms with Crippen molar-refractivity contribution in [2.75, 3.05) is 18.4 Å². The summed E-state index contributed by atoms with van der Waals surface area (Å²) in [6.07, 6.45) is 3.11. The first kappa shape index (κ1) is 25.7. The van der Waals surface area contributed by atoms with Gasteiger partial charge in [-0.25, -0.2) is 0 Å². The number of hydrogen-bond donors (Lipinski definition) is 2. The topological polar surface area (TPSA) is 57.3 Å². The number of benzene rings is 1. The highest BCUT2D eigenvalue weighted by Crippen LogP contribution is 2.36. The normalized spacial score (nSPS) is 25.6. The minimum absolute atomic E-state index is 0.0571. The van der Waals surface area contributed by atoms with Crippen LogP contribution < -0.4 is 10.6 Å². The molecule has 0 spiro atoms. The molecule has 1 amide bonds. The van der Waals surface area contributed by atoms with E-state index in [4.69, 9.17) is 0 Å². The van der Waals surface area contributed by atoms with Crippen molar-refractivity contribution in [1.29, 1.82) is 0 Å². The van der Waals surface area contributed by atoms with Gasteiger partial charge in [0.05, 0.1) is 11.1 Å². The molecule has 0 bridgehead atoms. The van der Waals surface area contributed by atoms with Crippen LogP contribution >= 0.6 is 0 Å². The smallest absolute Gasteiger partial charge is 0.373 e. The molecular formula is C27H37F3N4O. The first-order valence-corrected chi connectivity index (χ1v) is 12.9. The molecule has 1 aliphatic heterocycles. The fourth-order valence-electron chi connectivity index (χ4n) is 5.73. The summed E-state index contributed by atoms with van der Waals surface area (Å²) in [7, 11) is 0. The number of amides is 1. The maximum Gasteiger partial charge on any atom is 0.416 e. The number of carbonyl (C=O) groups is 1. The Kier molecular flexibility index (Phi) is 7.89. The van der Waals surface area contributed by atoms with E-state index in [1.807, 2.05) is 4.90 Å². The Morgan fingerprint density at radius 3 is 2.69 bits per heavy atom. The van der Waals surface area contributed by atoms with E-state index >= 15 is 0 Å². The fourth-order valence-corrected chi connectivity index (χ4v) is 5.73. The van der Waals surface area contributed by atoms with Gasteiger partial charge in [0.25, 0.3) is 0 Å². The minimum Gasteiger partial charge on any atom is -0.373 e. The number of hydrogen-bond acceptors (Lipinski definition) is 4. The second-order valence-corrected chi connectivity index (χ2v) is 10.5. The van der Waals surface area contributed by atoms with Crippen LogP contribution in [0.15, 0.2) is 30.5 Å². The van der Waals surface area contributed by atoms with Crippen LogP contribution in [0.3, 0.4) is 0 Å². The Labute approximate surface area is 205 Å². The Morgan fingerprint density at radius 1 is 1.17 bits per heavy atom. The molecule has 1 aromatic carbocycles. The van der Waals surface area contributed by atoms with Crippen LogP contribution in [0.1, 0.15) is 64.9 Å². The Bertz CT molecular complexity index is 1030. The monoisotopic (exact) mass is 490 g/mol. The van der Waals surface area contributed by atoms with Crippen molar-refractivity contribution >= 4 is 22.5 Å². The molecule has 4 atom stereocenters. The lowest BCUT2D eigenvalue weighted by atomic mass is 9.78. The molecule has 0 radical (unpaired) electrons. The molecule has 1 saturated heterocycles. The van der Waals surface area contributed by atoms with Gasteiger partial charge in [-0.1, -0.05) is 27.2 Å². The van der Waals surface area contributed by atoms with E-state index < -0.39 is 17.8 Å². The molecule has 1 saturated carbocycles. The summed E-state index contributed by atoms with van der Waals surface area (Å²) in [4.78, 5) is 19.7. The number of aromatic nitrogens is 1. The SMILES string of the molecule is CCC[C@@H]1C[C@H](NCC(C)C)CC[C@@H]1N1CC[C@@H](Nc2ccnc3ccc(C(F)(F)F)cc23)C1=O. The van der Waals surface area contributed by atoms with Crippen LogP contribution in [0.5, 0.6) is 0 Å². The van der Waals surface area contributed by atoms with Crippen molar-refractivity contribution in [3.8, 4) is 0 Å². The molecule has 0 unspecified atom stereocenters. The van der Waals surface area contributed by atoms with Crippen molar-refractivity contribution in [1.82, 2.24) is 15.2 Å². The average molecular weight is 491 g/mol. The molecule has 2 aromatic rings. The van der Waals surface area contributed by atoms with E-state index in [2.05, 4.69) is 36.4 Å². The van der Waals surface area contributed by atoms with E-state index in [9.17, 15) is 18.0 Å². The quantitative estimate of drug-likeness (QED) is 0.487. The lowest BCUT2D eigenvalue weighted by Gasteiger charge is -2.41. The van der Waals surface area contributed by atoms with Crippen molar-refractivity contribution in [3.63, 3.8) is 0 Å². The predicted octanol–water partition coefficient (Wildman–Crippen LogP) is 5.85. The van der Waals surface area contributed by atoms with Crippen molar-refractivity contribution in [3.05, 3.63) is 36.0 Å². The predicted molar refractivity (Wildman–Crippen MR) is 133 cm³/mol. The average Bonchev–Trinajstić information content (AvgIpc) is 3.17. The zero-order valence-electron chi connectivity index (χ0n) is 20.9. The van der Waals surface area contributed by atoms with E-state index in [0.717, 1.165) is 50.8 Å². The number of halogens is 3. The first-order chi connectivity index (χ1) is 16.7. The van der Waals surface area contributed by atoms with Crippen molar-refractivity contribution < 1.29 is 18.0 Å². The van der Waals surface area contributed by atoms with E-state index in [0.29, 0.717) is 47.4 Å². The highest BCUT2D eigenvalue weighted by atomic mass is 19.4. The largest absolute Gasteiger partial charge is 0.416 e. The number of anilines is 1. The molecular weight excluding hydrogens is 453 g/mol. The van der Waals surface area contributed by atoms with Crippen LogP contribution in [0.2, 0.25) is 0 Å². The fraction of sp³-hybridized carbons (Fsp3) is 0.630. The zero-order valence-corrected chi connectivity index (χ0v) is 20.9. The van der Waals surface area contributed by atoms with E-state index in [1.54, 1.807) is 12.3 Å². The lowest BCUT2D eigenvalue weighted by molar-refractivity contribution is -0.137. The van der Waals surface area contributed by atoms with Gasteiger partial charge in [0.2, 0.25) is 5.91 Å². The standard InChI is InChI=1S/C27H37F3N4O/c1-4-5-18-14-20(32-16-17(2)3)7-9-25(18)34-13-11-24(26(34)35)33-23-10-12-31-22-8-6-19(15-21(22)23)27(28,29)30/h6,8,10,12,15,17-18,20,24-25,32H,4-5,7,9,11,13-14,16H2,1-3H3,(H,31,33)/t18-,20-,24-,25+/m1/s1. The molecule has 1 aromatic heterocycles. The maximum absolute atomic E-state index is 13.5. The summed E-state index contributed by atoms with van der Waals surface area (Å²) in [5.41, 5.74) is 0.277. The molecule has 2 fully saturated rings. The molecule has 2 aliphatic rings. The second kappa shape index (κ2) is 10.7. The Balaban J connectivity index is 1.47. The zero-order chi connectivity index (χ0) is 25.2. The number of alkyl halides is 3. The third-order valence-corrected chi connectivity index (χ3v) is 7.46. The number of fused-ring (bicyclic) bond motifs is 1. The van der Waals surface area contributed by atoms with Crippen molar-refractivity contribution in [2.45, 2.75) is 83.6 Å². The molecule has 1 aliphatic carbocycles. The third kappa shape index (κ3) is 5.90. The van der Waals surface area contributed by atoms with Gasteiger partial charge in [-0.05, 0) is 74.8 Å². The molecule has 2 heterocycles. The summed E-state index contributed by atoms with van der Waals surface area (Å²) < 4.78 is 39.8. The highest BCUT2D eigenvalue weighted by Gasteiger charge is 2.41. The Hall–Kier alpha value is -2.35. The molecule has 4 rings (SSSR count).